The van der Waals surface area contributed by atoms with Crippen LogP contribution in [0.4, 0.5) is 0 Å². The van der Waals surface area contributed by atoms with Crippen molar-refractivity contribution in [1.82, 2.24) is 14.9 Å². The Morgan fingerprint density at radius 3 is 2.75 bits per heavy atom. The molecule has 0 saturated carbocycles. The number of rotatable bonds is 2. The van der Waals surface area contributed by atoms with E-state index in [-0.39, 0.29) is 18.2 Å². The predicted octanol–water partition coefficient (Wildman–Crippen LogP) is 1.08. The molecule has 1 aliphatic heterocycles. The van der Waals surface area contributed by atoms with Gasteiger partial charge in [0.1, 0.15) is 6.04 Å². The van der Waals surface area contributed by atoms with Crippen LogP contribution in [0.3, 0.4) is 0 Å². The molecular weight excluding hydrogens is 204 g/mol. The first-order valence-electron chi connectivity index (χ1n) is 5.48. The molecule has 2 heterocycles. The van der Waals surface area contributed by atoms with Crippen molar-refractivity contribution in [3.05, 3.63) is 18.2 Å². The normalized spacial score (nSPS) is 28.6. The van der Waals surface area contributed by atoms with Crippen LogP contribution in [0, 0.1) is 11.3 Å². The molecule has 1 aromatic heterocycles. The van der Waals surface area contributed by atoms with E-state index in [1.807, 2.05) is 13.8 Å². The van der Waals surface area contributed by atoms with E-state index in [0.29, 0.717) is 0 Å². The first-order chi connectivity index (χ1) is 7.70. The molecule has 1 fully saturated rings. The standard InChI is InChI=1S/C11H16N4O/c1-8-5-15(6-9(2)16-8)11(3-12)10-4-13-7-14-10/h4,7-9,11H,5-6H2,1-2H3,(H,13,14). The van der Waals surface area contributed by atoms with Gasteiger partial charge in [-0.25, -0.2) is 4.98 Å². The monoisotopic (exact) mass is 220 g/mol. The minimum atomic E-state index is -0.253. The summed E-state index contributed by atoms with van der Waals surface area (Å²) in [6, 6.07) is 2.06. The van der Waals surface area contributed by atoms with Gasteiger partial charge in [-0.1, -0.05) is 0 Å². The largest absolute Gasteiger partial charge is 0.373 e. The van der Waals surface area contributed by atoms with E-state index in [1.54, 1.807) is 12.5 Å². The number of imidazole rings is 1. The summed E-state index contributed by atoms with van der Waals surface area (Å²) >= 11 is 0. The molecule has 0 amide bonds. The van der Waals surface area contributed by atoms with Crippen molar-refractivity contribution in [2.45, 2.75) is 32.1 Å². The first-order valence-corrected chi connectivity index (χ1v) is 5.48. The summed E-state index contributed by atoms with van der Waals surface area (Å²) in [5.41, 5.74) is 0.851. The zero-order valence-electron chi connectivity index (χ0n) is 9.55. The van der Waals surface area contributed by atoms with Crippen molar-refractivity contribution >= 4 is 0 Å². The van der Waals surface area contributed by atoms with Crippen LogP contribution in [-0.4, -0.2) is 40.2 Å². The number of ether oxygens (including phenoxy) is 1. The van der Waals surface area contributed by atoms with Gasteiger partial charge in [-0.05, 0) is 13.8 Å². The topological polar surface area (TPSA) is 64.9 Å². The molecule has 0 bridgehead atoms. The lowest BCUT2D eigenvalue weighted by Crippen LogP contribution is -2.46. The molecule has 86 valence electrons. The number of hydrogen-bond acceptors (Lipinski definition) is 4. The zero-order valence-corrected chi connectivity index (χ0v) is 9.55. The second kappa shape index (κ2) is 4.64. The lowest BCUT2D eigenvalue weighted by molar-refractivity contribution is -0.0753. The fourth-order valence-electron chi connectivity index (χ4n) is 2.19. The number of H-pyrrole nitrogens is 1. The second-order valence-electron chi connectivity index (χ2n) is 4.25. The Kier molecular flexibility index (Phi) is 3.22. The Bertz CT molecular complexity index is 360. The number of hydrogen-bond donors (Lipinski definition) is 1. The van der Waals surface area contributed by atoms with Crippen molar-refractivity contribution in [1.29, 1.82) is 5.26 Å². The van der Waals surface area contributed by atoms with E-state index in [2.05, 4.69) is 20.9 Å². The molecule has 1 aliphatic rings. The summed E-state index contributed by atoms with van der Waals surface area (Å²) in [5.74, 6) is 0. The van der Waals surface area contributed by atoms with Crippen LogP contribution < -0.4 is 0 Å². The summed E-state index contributed by atoms with van der Waals surface area (Å²) in [4.78, 5) is 9.09. The lowest BCUT2D eigenvalue weighted by Gasteiger charge is -2.37. The summed E-state index contributed by atoms with van der Waals surface area (Å²) in [6.45, 7) is 5.62. The van der Waals surface area contributed by atoms with E-state index in [0.717, 1.165) is 18.8 Å². The molecule has 5 heteroatoms. The van der Waals surface area contributed by atoms with Crippen LogP contribution in [0.25, 0.3) is 0 Å². The van der Waals surface area contributed by atoms with Crippen LogP contribution in [0.2, 0.25) is 0 Å². The highest BCUT2D eigenvalue weighted by atomic mass is 16.5. The Labute approximate surface area is 95.0 Å². The van der Waals surface area contributed by atoms with Crippen molar-refractivity contribution in [2.24, 2.45) is 0 Å². The fourth-order valence-corrected chi connectivity index (χ4v) is 2.19. The molecule has 1 saturated heterocycles. The van der Waals surface area contributed by atoms with Crippen LogP contribution >= 0.6 is 0 Å². The van der Waals surface area contributed by atoms with Crippen molar-refractivity contribution < 1.29 is 4.74 Å². The lowest BCUT2D eigenvalue weighted by atomic mass is 10.1. The number of aromatic amines is 1. The van der Waals surface area contributed by atoms with Gasteiger partial charge < -0.3 is 9.72 Å². The van der Waals surface area contributed by atoms with Gasteiger partial charge in [-0.15, -0.1) is 0 Å². The van der Waals surface area contributed by atoms with Crippen LogP contribution in [0.5, 0.6) is 0 Å². The van der Waals surface area contributed by atoms with E-state index in [1.165, 1.54) is 0 Å². The van der Waals surface area contributed by atoms with Gasteiger partial charge in [-0.2, -0.15) is 5.26 Å². The SMILES string of the molecule is CC1CN(C(C#N)c2cnc[nH]2)CC(C)O1. The molecule has 2 rings (SSSR count). The molecule has 3 unspecified atom stereocenters. The predicted molar refractivity (Wildman–Crippen MR) is 58.5 cm³/mol. The Morgan fingerprint density at radius 2 is 2.25 bits per heavy atom. The molecule has 16 heavy (non-hydrogen) atoms. The van der Waals surface area contributed by atoms with Crippen molar-refractivity contribution in [3.63, 3.8) is 0 Å². The highest BCUT2D eigenvalue weighted by Crippen LogP contribution is 2.22. The molecule has 0 aliphatic carbocycles. The molecule has 1 N–H and O–H groups in total. The van der Waals surface area contributed by atoms with E-state index >= 15 is 0 Å². The smallest absolute Gasteiger partial charge is 0.140 e. The van der Waals surface area contributed by atoms with E-state index in [9.17, 15) is 5.26 Å². The number of morpholine rings is 1. The van der Waals surface area contributed by atoms with Gasteiger partial charge in [0.2, 0.25) is 0 Å². The van der Waals surface area contributed by atoms with Gasteiger partial charge in [0, 0.05) is 13.1 Å². The van der Waals surface area contributed by atoms with Crippen molar-refractivity contribution in [3.8, 4) is 6.07 Å². The third-order valence-corrected chi connectivity index (χ3v) is 2.75. The highest BCUT2D eigenvalue weighted by molar-refractivity contribution is 5.12. The summed E-state index contributed by atoms with van der Waals surface area (Å²) < 4.78 is 5.65. The molecule has 0 spiro atoms. The minimum Gasteiger partial charge on any atom is -0.373 e. The van der Waals surface area contributed by atoms with Gasteiger partial charge in [-0.3, -0.25) is 4.90 Å². The zero-order chi connectivity index (χ0) is 11.5. The average Bonchev–Trinajstić information content (AvgIpc) is 2.70. The molecule has 3 atom stereocenters. The molecule has 0 aromatic carbocycles. The summed E-state index contributed by atoms with van der Waals surface area (Å²) in [7, 11) is 0. The molecular formula is C11H16N4O. The third-order valence-electron chi connectivity index (χ3n) is 2.75. The van der Waals surface area contributed by atoms with Crippen LogP contribution in [-0.2, 0) is 4.74 Å². The van der Waals surface area contributed by atoms with Gasteiger partial charge >= 0.3 is 0 Å². The first kappa shape index (κ1) is 11.1. The van der Waals surface area contributed by atoms with Gasteiger partial charge in [0.15, 0.2) is 0 Å². The second-order valence-corrected chi connectivity index (χ2v) is 4.25. The maximum Gasteiger partial charge on any atom is 0.140 e. The number of aromatic nitrogens is 2. The van der Waals surface area contributed by atoms with E-state index < -0.39 is 0 Å². The van der Waals surface area contributed by atoms with Gasteiger partial charge in [0.25, 0.3) is 0 Å². The number of nitrogens with zero attached hydrogens (tertiary/aromatic N) is 3. The van der Waals surface area contributed by atoms with Crippen molar-refractivity contribution in [2.75, 3.05) is 13.1 Å². The Balaban J connectivity index is 2.13. The summed E-state index contributed by atoms with van der Waals surface area (Å²) in [6.07, 6.45) is 3.65. The fraction of sp³-hybridized carbons (Fsp3) is 0.636. The average molecular weight is 220 g/mol. The highest BCUT2D eigenvalue weighted by Gasteiger charge is 2.29. The molecule has 0 radical (unpaired) electrons. The Morgan fingerprint density at radius 1 is 1.56 bits per heavy atom. The third kappa shape index (κ3) is 2.23. The quantitative estimate of drug-likeness (QED) is 0.810. The van der Waals surface area contributed by atoms with E-state index in [4.69, 9.17) is 4.74 Å². The Hall–Kier alpha value is -1.38. The van der Waals surface area contributed by atoms with Gasteiger partial charge in [0.05, 0.1) is 36.5 Å². The maximum absolute atomic E-state index is 9.24. The molecule has 1 aromatic rings. The van der Waals surface area contributed by atoms with Crippen LogP contribution in [0.1, 0.15) is 25.6 Å². The maximum atomic E-state index is 9.24. The number of nitrogens with one attached hydrogen (secondary N) is 1. The van der Waals surface area contributed by atoms with Crippen LogP contribution in [0.15, 0.2) is 12.5 Å². The summed E-state index contributed by atoms with van der Waals surface area (Å²) in [5, 5.41) is 9.24. The number of nitriles is 1. The molecule has 5 nitrogen and oxygen atoms in total. The minimum absolute atomic E-state index is 0.169.